The van der Waals surface area contributed by atoms with Gasteiger partial charge in [-0.3, -0.25) is 0 Å². The van der Waals surface area contributed by atoms with E-state index in [1.165, 1.54) is 0 Å². The fourth-order valence-electron chi connectivity index (χ4n) is 1.51. The predicted octanol–water partition coefficient (Wildman–Crippen LogP) is 2.42. The highest BCUT2D eigenvalue weighted by atomic mass is 16.5. The molecule has 0 spiro atoms. The molecule has 0 fully saturated rings. The lowest BCUT2D eigenvalue weighted by Gasteiger charge is -2.09. The summed E-state index contributed by atoms with van der Waals surface area (Å²) in [7, 11) is 0. The molecule has 0 aliphatic carbocycles. The first kappa shape index (κ1) is 13.5. The van der Waals surface area contributed by atoms with E-state index in [0.29, 0.717) is 25.1 Å². The summed E-state index contributed by atoms with van der Waals surface area (Å²) in [6.45, 7) is 4.56. The van der Waals surface area contributed by atoms with E-state index >= 15 is 0 Å². The van der Waals surface area contributed by atoms with E-state index < -0.39 is 0 Å². The number of allylic oxidation sites excluding steroid dienone is 1. The number of ether oxygens (including phenoxy) is 1. The van der Waals surface area contributed by atoms with Crippen LogP contribution in [0.3, 0.4) is 0 Å². The summed E-state index contributed by atoms with van der Waals surface area (Å²) in [5.74, 6) is -0.265. The van der Waals surface area contributed by atoms with Gasteiger partial charge < -0.3 is 10.5 Å². The van der Waals surface area contributed by atoms with E-state index in [1.807, 2.05) is 44.2 Å². The van der Waals surface area contributed by atoms with Crippen molar-refractivity contribution in [3.63, 3.8) is 0 Å². The fourth-order valence-corrected chi connectivity index (χ4v) is 1.51. The third kappa shape index (κ3) is 4.41. The van der Waals surface area contributed by atoms with E-state index in [9.17, 15) is 4.79 Å². The maximum atomic E-state index is 11.8. The molecule has 3 nitrogen and oxygen atoms in total. The first-order chi connectivity index (χ1) is 8.15. The molecular weight excluding hydrogens is 214 g/mol. The summed E-state index contributed by atoms with van der Waals surface area (Å²) >= 11 is 0. The normalized spacial score (nSPS) is 9.82. The highest BCUT2D eigenvalue weighted by Crippen LogP contribution is 2.11. The van der Waals surface area contributed by atoms with Crippen LogP contribution < -0.4 is 5.73 Å². The monoisotopic (exact) mass is 233 g/mol. The lowest BCUT2D eigenvalue weighted by atomic mass is 10.1. The van der Waals surface area contributed by atoms with Gasteiger partial charge >= 0.3 is 5.97 Å². The Bertz CT molecular complexity index is 392. The largest absolute Gasteiger partial charge is 0.457 e. The van der Waals surface area contributed by atoms with Crippen molar-refractivity contribution in [2.45, 2.75) is 26.9 Å². The highest BCUT2D eigenvalue weighted by molar-refractivity contribution is 5.89. The minimum atomic E-state index is -0.265. The molecule has 0 aliphatic heterocycles. The highest BCUT2D eigenvalue weighted by Gasteiger charge is 2.11. The van der Waals surface area contributed by atoms with Crippen molar-refractivity contribution in [1.29, 1.82) is 0 Å². The zero-order valence-electron chi connectivity index (χ0n) is 10.4. The Kier molecular flexibility index (Phi) is 5.43. The molecule has 0 saturated carbocycles. The minimum absolute atomic E-state index is 0.265. The summed E-state index contributed by atoms with van der Waals surface area (Å²) in [6, 6.07) is 9.63. The fraction of sp³-hybridized carbons (Fsp3) is 0.357. The zero-order chi connectivity index (χ0) is 12.7. The average Bonchev–Trinajstić information content (AvgIpc) is 2.34. The van der Waals surface area contributed by atoms with Gasteiger partial charge in [-0.2, -0.15) is 0 Å². The Morgan fingerprint density at radius 1 is 1.24 bits per heavy atom. The van der Waals surface area contributed by atoms with Crippen molar-refractivity contribution in [2.24, 2.45) is 5.73 Å². The van der Waals surface area contributed by atoms with Crippen molar-refractivity contribution in [3.8, 4) is 0 Å². The Hall–Kier alpha value is -1.61. The lowest BCUT2D eigenvalue weighted by Crippen LogP contribution is -2.13. The van der Waals surface area contributed by atoms with Gasteiger partial charge in [0.2, 0.25) is 0 Å². The maximum Gasteiger partial charge on any atom is 0.334 e. The van der Waals surface area contributed by atoms with E-state index in [4.69, 9.17) is 10.5 Å². The Morgan fingerprint density at radius 3 is 2.41 bits per heavy atom. The first-order valence-corrected chi connectivity index (χ1v) is 5.72. The van der Waals surface area contributed by atoms with Crippen LogP contribution in [-0.4, -0.2) is 12.5 Å². The number of carbonyl (C=O) groups excluding carboxylic acids is 1. The molecule has 17 heavy (non-hydrogen) atoms. The molecule has 1 rings (SSSR count). The predicted molar refractivity (Wildman–Crippen MR) is 68.3 cm³/mol. The van der Waals surface area contributed by atoms with E-state index in [0.717, 1.165) is 11.1 Å². The molecule has 0 aromatic heterocycles. The standard InChI is InChI=1S/C14H19NO2/c1-11(2)13(8-9-15)14(16)17-10-12-6-4-3-5-7-12/h3-7H,8-10,15H2,1-2H3. The third-order valence-electron chi connectivity index (χ3n) is 2.46. The molecule has 0 heterocycles. The molecule has 1 aromatic rings. The summed E-state index contributed by atoms with van der Waals surface area (Å²) < 4.78 is 5.25. The van der Waals surface area contributed by atoms with Crippen LogP contribution in [0.5, 0.6) is 0 Å². The van der Waals surface area contributed by atoms with Gasteiger partial charge in [-0.05, 0) is 32.4 Å². The van der Waals surface area contributed by atoms with Gasteiger partial charge in [0, 0.05) is 5.57 Å². The van der Waals surface area contributed by atoms with Crippen molar-refractivity contribution >= 4 is 5.97 Å². The first-order valence-electron chi connectivity index (χ1n) is 5.72. The maximum absolute atomic E-state index is 11.8. The molecular formula is C14H19NO2. The third-order valence-corrected chi connectivity index (χ3v) is 2.46. The van der Waals surface area contributed by atoms with Gasteiger partial charge in [0.25, 0.3) is 0 Å². The summed E-state index contributed by atoms with van der Waals surface area (Å²) in [4.78, 5) is 11.8. The number of benzene rings is 1. The molecule has 0 amide bonds. The quantitative estimate of drug-likeness (QED) is 0.627. The van der Waals surface area contributed by atoms with E-state index in [-0.39, 0.29) is 5.97 Å². The number of hydrogen-bond acceptors (Lipinski definition) is 3. The van der Waals surface area contributed by atoms with Crippen LogP contribution in [0, 0.1) is 0 Å². The molecule has 3 heteroatoms. The second kappa shape index (κ2) is 6.86. The van der Waals surface area contributed by atoms with Gasteiger partial charge in [-0.15, -0.1) is 0 Å². The van der Waals surface area contributed by atoms with Gasteiger partial charge in [0.05, 0.1) is 0 Å². The van der Waals surface area contributed by atoms with Gasteiger partial charge in [0.1, 0.15) is 6.61 Å². The smallest absolute Gasteiger partial charge is 0.334 e. The molecule has 1 aromatic carbocycles. The van der Waals surface area contributed by atoms with Gasteiger partial charge in [0.15, 0.2) is 0 Å². The topological polar surface area (TPSA) is 52.3 Å². The van der Waals surface area contributed by atoms with Crippen LogP contribution >= 0.6 is 0 Å². The van der Waals surface area contributed by atoms with Crippen LogP contribution in [0.25, 0.3) is 0 Å². The number of nitrogens with two attached hydrogens (primary N) is 1. The van der Waals surface area contributed by atoms with Crippen molar-refractivity contribution in [1.82, 2.24) is 0 Å². The molecule has 0 aliphatic rings. The number of carbonyl (C=O) groups is 1. The van der Waals surface area contributed by atoms with Crippen LogP contribution in [-0.2, 0) is 16.1 Å². The van der Waals surface area contributed by atoms with Crippen LogP contribution in [0.1, 0.15) is 25.8 Å². The molecule has 0 radical (unpaired) electrons. The number of rotatable bonds is 5. The van der Waals surface area contributed by atoms with E-state index in [1.54, 1.807) is 0 Å². The molecule has 0 saturated heterocycles. The van der Waals surface area contributed by atoms with Crippen LogP contribution in [0.4, 0.5) is 0 Å². The molecule has 0 bridgehead atoms. The molecule has 0 unspecified atom stereocenters. The second-order valence-corrected chi connectivity index (χ2v) is 4.08. The zero-order valence-corrected chi connectivity index (χ0v) is 10.4. The SMILES string of the molecule is CC(C)=C(CCN)C(=O)OCc1ccccc1. The molecule has 2 N–H and O–H groups in total. The van der Waals surface area contributed by atoms with E-state index in [2.05, 4.69) is 0 Å². The second-order valence-electron chi connectivity index (χ2n) is 4.08. The van der Waals surface area contributed by atoms with Crippen LogP contribution in [0.2, 0.25) is 0 Å². The Morgan fingerprint density at radius 2 is 1.88 bits per heavy atom. The number of esters is 1. The van der Waals surface area contributed by atoms with Gasteiger partial charge in [-0.25, -0.2) is 4.79 Å². The molecule has 92 valence electrons. The summed E-state index contributed by atoms with van der Waals surface area (Å²) in [6.07, 6.45) is 0.565. The van der Waals surface area contributed by atoms with Crippen molar-refractivity contribution in [2.75, 3.05) is 6.54 Å². The Labute approximate surface area is 102 Å². The average molecular weight is 233 g/mol. The van der Waals surface area contributed by atoms with Crippen molar-refractivity contribution < 1.29 is 9.53 Å². The van der Waals surface area contributed by atoms with Gasteiger partial charge in [-0.1, -0.05) is 35.9 Å². The molecule has 0 atom stereocenters. The summed E-state index contributed by atoms with van der Waals surface area (Å²) in [5, 5.41) is 0. The summed E-state index contributed by atoms with van der Waals surface area (Å²) in [5.41, 5.74) is 8.11. The van der Waals surface area contributed by atoms with Crippen LogP contribution in [0.15, 0.2) is 41.5 Å². The Balaban J connectivity index is 2.57. The van der Waals surface area contributed by atoms with Crippen molar-refractivity contribution in [3.05, 3.63) is 47.0 Å². The lowest BCUT2D eigenvalue weighted by molar-refractivity contribution is -0.140. The number of hydrogen-bond donors (Lipinski definition) is 1. The minimum Gasteiger partial charge on any atom is -0.457 e.